The van der Waals surface area contributed by atoms with Gasteiger partial charge in [0, 0.05) is 30.1 Å². The lowest BCUT2D eigenvalue weighted by Crippen LogP contribution is -2.33. The highest BCUT2D eigenvalue weighted by molar-refractivity contribution is 7.17. The standard InChI is InChI=1S/C24H22FN3O2S/c1-15-8-9-17(10-16(15)2)19-13-31-23-22(19)24(30)28(14-26-23)12-21(29)27(3)11-18-6-4-5-7-20(18)25/h4-10,13-14H,11-12H2,1-3H3. The third-order valence-corrected chi connectivity index (χ3v) is 6.36. The fourth-order valence-electron chi connectivity index (χ4n) is 3.44. The Kier molecular flexibility index (Phi) is 5.69. The molecule has 4 rings (SSSR count). The molecule has 0 aliphatic heterocycles. The van der Waals surface area contributed by atoms with E-state index >= 15 is 0 Å². The number of hydrogen-bond acceptors (Lipinski definition) is 4. The van der Waals surface area contributed by atoms with Gasteiger partial charge in [0.2, 0.25) is 5.91 Å². The number of benzene rings is 2. The lowest BCUT2D eigenvalue weighted by molar-refractivity contribution is -0.131. The van der Waals surface area contributed by atoms with Crippen molar-refractivity contribution in [2.24, 2.45) is 0 Å². The quantitative estimate of drug-likeness (QED) is 0.463. The summed E-state index contributed by atoms with van der Waals surface area (Å²) < 4.78 is 15.2. The summed E-state index contributed by atoms with van der Waals surface area (Å²) in [6.45, 7) is 4.05. The molecule has 0 aliphatic carbocycles. The second-order valence-corrected chi connectivity index (χ2v) is 8.51. The molecule has 0 saturated carbocycles. The smallest absolute Gasteiger partial charge is 0.263 e. The second kappa shape index (κ2) is 8.43. The van der Waals surface area contributed by atoms with E-state index in [-0.39, 0.29) is 30.4 Å². The van der Waals surface area contributed by atoms with Gasteiger partial charge in [-0.25, -0.2) is 9.37 Å². The highest BCUT2D eigenvalue weighted by Gasteiger charge is 2.17. The van der Waals surface area contributed by atoms with E-state index in [0.717, 1.165) is 16.7 Å². The highest BCUT2D eigenvalue weighted by atomic mass is 32.1. The third kappa shape index (κ3) is 4.14. The second-order valence-electron chi connectivity index (χ2n) is 7.65. The van der Waals surface area contributed by atoms with Gasteiger partial charge in [0.1, 0.15) is 17.2 Å². The Morgan fingerprint density at radius 1 is 1.16 bits per heavy atom. The third-order valence-electron chi connectivity index (χ3n) is 5.48. The number of rotatable bonds is 5. The number of thiophene rings is 1. The van der Waals surface area contributed by atoms with Gasteiger partial charge in [-0.05, 0) is 36.6 Å². The molecule has 0 radical (unpaired) electrons. The lowest BCUT2D eigenvalue weighted by Gasteiger charge is -2.18. The zero-order chi connectivity index (χ0) is 22.1. The summed E-state index contributed by atoms with van der Waals surface area (Å²) in [5.74, 6) is -0.659. The molecule has 4 aromatic rings. The van der Waals surface area contributed by atoms with Crippen molar-refractivity contribution in [1.29, 1.82) is 0 Å². The van der Waals surface area contributed by atoms with Crippen LogP contribution >= 0.6 is 11.3 Å². The number of carbonyl (C=O) groups excluding carboxylic acids is 1. The van der Waals surface area contributed by atoms with Crippen LogP contribution in [0.25, 0.3) is 21.3 Å². The van der Waals surface area contributed by atoms with E-state index in [1.165, 1.54) is 38.8 Å². The van der Waals surface area contributed by atoms with Gasteiger partial charge in [0.25, 0.3) is 5.56 Å². The van der Waals surface area contributed by atoms with Crippen molar-refractivity contribution in [1.82, 2.24) is 14.5 Å². The van der Waals surface area contributed by atoms with Gasteiger partial charge < -0.3 is 4.90 Å². The van der Waals surface area contributed by atoms with Gasteiger partial charge in [0.15, 0.2) is 0 Å². The van der Waals surface area contributed by atoms with Gasteiger partial charge in [0.05, 0.1) is 11.7 Å². The molecule has 0 bridgehead atoms. The Morgan fingerprint density at radius 3 is 2.68 bits per heavy atom. The summed E-state index contributed by atoms with van der Waals surface area (Å²) in [6, 6.07) is 12.4. The topological polar surface area (TPSA) is 55.2 Å². The maximum atomic E-state index is 13.9. The number of nitrogens with zero attached hydrogens (tertiary/aromatic N) is 3. The first-order valence-electron chi connectivity index (χ1n) is 9.87. The predicted octanol–water partition coefficient (Wildman–Crippen LogP) is 4.54. The van der Waals surface area contributed by atoms with E-state index in [4.69, 9.17) is 0 Å². The summed E-state index contributed by atoms with van der Waals surface area (Å²) in [5, 5.41) is 2.44. The Balaban J connectivity index is 1.63. The molecule has 0 N–H and O–H groups in total. The van der Waals surface area contributed by atoms with Crippen LogP contribution in [-0.2, 0) is 17.9 Å². The van der Waals surface area contributed by atoms with Crippen molar-refractivity contribution in [3.63, 3.8) is 0 Å². The van der Waals surface area contributed by atoms with Crippen LogP contribution in [0, 0.1) is 19.7 Å². The minimum Gasteiger partial charge on any atom is -0.340 e. The summed E-state index contributed by atoms with van der Waals surface area (Å²) in [6.07, 6.45) is 1.40. The minimum atomic E-state index is -0.362. The van der Waals surface area contributed by atoms with E-state index < -0.39 is 0 Å². The normalized spacial score (nSPS) is 11.1. The van der Waals surface area contributed by atoms with Gasteiger partial charge >= 0.3 is 0 Å². The van der Waals surface area contributed by atoms with Crippen molar-refractivity contribution in [2.45, 2.75) is 26.9 Å². The molecule has 31 heavy (non-hydrogen) atoms. The number of hydrogen-bond donors (Lipinski definition) is 0. The molecule has 0 spiro atoms. The van der Waals surface area contributed by atoms with Crippen LogP contribution in [0.4, 0.5) is 4.39 Å². The first-order valence-corrected chi connectivity index (χ1v) is 10.7. The molecule has 7 heteroatoms. The Morgan fingerprint density at radius 2 is 1.94 bits per heavy atom. The number of carbonyl (C=O) groups is 1. The molecule has 2 heterocycles. The molecule has 0 unspecified atom stereocenters. The zero-order valence-electron chi connectivity index (χ0n) is 17.6. The number of aromatic nitrogens is 2. The fourth-order valence-corrected chi connectivity index (χ4v) is 4.34. The summed E-state index contributed by atoms with van der Waals surface area (Å²) in [4.78, 5) is 32.4. The van der Waals surface area contributed by atoms with Crippen LogP contribution in [0.15, 0.2) is 59.0 Å². The number of likely N-dealkylation sites (N-methyl/N-ethyl adjacent to an activating group) is 1. The average Bonchev–Trinajstić information content (AvgIpc) is 3.18. The van der Waals surface area contributed by atoms with Crippen LogP contribution in [0.3, 0.4) is 0 Å². The van der Waals surface area contributed by atoms with E-state index in [1.807, 2.05) is 31.4 Å². The van der Waals surface area contributed by atoms with Crippen LogP contribution in [0.1, 0.15) is 16.7 Å². The van der Waals surface area contributed by atoms with E-state index in [9.17, 15) is 14.0 Å². The lowest BCUT2D eigenvalue weighted by atomic mass is 10.0. The molecule has 0 saturated heterocycles. The van der Waals surface area contributed by atoms with Gasteiger partial charge in [-0.15, -0.1) is 11.3 Å². The molecule has 2 aromatic carbocycles. The van der Waals surface area contributed by atoms with Gasteiger partial charge in [-0.2, -0.15) is 0 Å². The molecule has 0 atom stereocenters. The molecular weight excluding hydrogens is 413 g/mol. The zero-order valence-corrected chi connectivity index (χ0v) is 18.4. The van der Waals surface area contributed by atoms with Crippen LogP contribution < -0.4 is 5.56 Å². The number of amides is 1. The number of halogens is 1. The van der Waals surface area contributed by atoms with Gasteiger partial charge in [-0.3, -0.25) is 14.2 Å². The van der Waals surface area contributed by atoms with Crippen molar-refractivity contribution < 1.29 is 9.18 Å². The van der Waals surface area contributed by atoms with Crippen LogP contribution in [0.2, 0.25) is 0 Å². The van der Waals surface area contributed by atoms with Crippen molar-refractivity contribution in [3.8, 4) is 11.1 Å². The highest BCUT2D eigenvalue weighted by Crippen LogP contribution is 2.31. The Bertz CT molecular complexity index is 1340. The van der Waals surface area contributed by atoms with E-state index in [1.54, 1.807) is 25.2 Å². The monoisotopic (exact) mass is 435 g/mol. The number of aryl methyl sites for hydroxylation is 2. The molecule has 1 amide bonds. The van der Waals surface area contributed by atoms with E-state index in [2.05, 4.69) is 11.1 Å². The number of fused-ring (bicyclic) bond motifs is 1. The SMILES string of the molecule is Cc1ccc(-c2csc3ncn(CC(=O)N(C)Cc4ccccc4F)c(=O)c23)cc1C. The molecule has 0 fully saturated rings. The van der Waals surface area contributed by atoms with Crippen LogP contribution in [-0.4, -0.2) is 27.4 Å². The molecule has 2 aromatic heterocycles. The van der Waals surface area contributed by atoms with Crippen molar-refractivity contribution >= 4 is 27.5 Å². The van der Waals surface area contributed by atoms with Crippen molar-refractivity contribution in [3.05, 3.63) is 87.0 Å². The first kappa shape index (κ1) is 20.9. The molecular formula is C24H22FN3O2S. The molecule has 158 valence electrons. The maximum absolute atomic E-state index is 13.9. The minimum absolute atomic E-state index is 0.127. The summed E-state index contributed by atoms with van der Waals surface area (Å²) >= 11 is 1.41. The Labute approximate surface area is 183 Å². The van der Waals surface area contributed by atoms with Gasteiger partial charge in [-0.1, -0.05) is 36.4 Å². The largest absolute Gasteiger partial charge is 0.340 e. The predicted molar refractivity (Wildman–Crippen MR) is 122 cm³/mol. The first-order chi connectivity index (χ1) is 14.8. The maximum Gasteiger partial charge on any atom is 0.263 e. The van der Waals surface area contributed by atoms with Crippen LogP contribution in [0.5, 0.6) is 0 Å². The summed E-state index contributed by atoms with van der Waals surface area (Å²) in [7, 11) is 1.59. The molecule has 0 aliphatic rings. The summed E-state index contributed by atoms with van der Waals surface area (Å²) in [5.41, 5.74) is 4.27. The van der Waals surface area contributed by atoms with Crippen molar-refractivity contribution in [2.75, 3.05) is 7.05 Å². The molecule has 5 nitrogen and oxygen atoms in total. The average molecular weight is 436 g/mol. The fraction of sp³-hybridized carbons (Fsp3) is 0.208. The van der Waals surface area contributed by atoms with E-state index in [0.29, 0.717) is 15.8 Å². The Hall–Kier alpha value is -3.32.